The standard InChI is InChI=1S/C13H24FN/c1-10-6-8-11(9-7-10)15-13-5-3-2-4-12(13)14/h10-13,15H,2-9H2,1H3/t10?,11?,12-,13-/m1/s1. The van der Waals surface area contributed by atoms with E-state index in [4.69, 9.17) is 0 Å². The first-order chi connectivity index (χ1) is 7.25. The second-order valence-electron chi connectivity index (χ2n) is 5.53. The molecule has 0 saturated heterocycles. The van der Waals surface area contributed by atoms with E-state index >= 15 is 0 Å². The summed E-state index contributed by atoms with van der Waals surface area (Å²) in [6.07, 6.45) is 8.69. The molecule has 0 aromatic rings. The van der Waals surface area contributed by atoms with E-state index in [1.54, 1.807) is 0 Å². The van der Waals surface area contributed by atoms with Gasteiger partial charge in [-0.25, -0.2) is 4.39 Å². The molecule has 0 bridgehead atoms. The number of alkyl halides is 1. The highest BCUT2D eigenvalue weighted by molar-refractivity contribution is 4.85. The van der Waals surface area contributed by atoms with Gasteiger partial charge in [-0.15, -0.1) is 0 Å². The van der Waals surface area contributed by atoms with Crippen molar-refractivity contribution in [3.05, 3.63) is 0 Å². The van der Waals surface area contributed by atoms with E-state index in [1.165, 1.54) is 32.1 Å². The molecule has 0 spiro atoms. The van der Waals surface area contributed by atoms with Gasteiger partial charge in [0.25, 0.3) is 0 Å². The Morgan fingerprint density at radius 1 is 0.933 bits per heavy atom. The van der Waals surface area contributed by atoms with Crippen LogP contribution < -0.4 is 5.32 Å². The molecule has 2 aliphatic carbocycles. The molecule has 0 aromatic carbocycles. The first kappa shape index (κ1) is 11.4. The number of rotatable bonds is 2. The third-order valence-electron chi connectivity index (χ3n) is 4.15. The van der Waals surface area contributed by atoms with Crippen LogP contribution in [0.3, 0.4) is 0 Å². The Balaban J connectivity index is 1.75. The van der Waals surface area contributed by atoms with Crippen molar-refractivity contribution in [2.24, 2.45) is 5.92 Å². The van der Waals surface area contributed by atoms with Crippen LogP contribution in [-0.4, -0.2) is 18.3 Å². The van der Waals surface area contributed by atoms with Crippen molar-refractivity contribution >= 4 is 0 Å². The van der Waals surface area contributed by atoms with E-state index in [2.05, 4.69) is 12.2 Å². The third kappa shape index (κ3) is 3.17. The first-order valence-corrected chi connectivity index (χ1v) is 6.66. The van der Waals surface area contributed by atoms with Crippen molar-refractivity contribution < 1.29 is 4.39 Å². The van der Waals surface area contributed by atoms with Crippen LogP contribution in [0.1, 0.15) is 58.3 Å². The van der Waals surface area contributed by atoms with Gasteiger partial charge >= 0.3 is 0 Å². The highest BCUT2D eigenvalue weighted by Crippen LogP contribution is 2.27. The van der Waals surface area contributed by atoms with Gasteiger partial charge in [-0.1, -0.05) is 19.8 Å². The molecule has 1 nitrogen and oxygen atoms in total. The van der Waals surface area contributed by atoms with Crippen LogP contribution in [0.2, 0.25) is 0 Å². The van der Waals surface area contributed by atoms with E-state index < -0.39 is 6.17 Å². The van der Waals surface area contributed by atoms with Crippen LogP contribution >= 0.6 is 0 Å². The summed E-state index contributed by atoms with van der Waals surface area (Å²) < 4.78 is 13.6. The largest absolute Gasteiger partial charge is 0.308 e. The summed E-state index contributed by atoms with van der Waals surface area (Å²) in [5.41, 5.74) is 0. The Labute approximate surface area is 92.8 Å². The van der Waals surface area contributed by atoms with Crippen molar-refractivity contribution in [1.29, 1.82) is 0 Å². The molecule has 15 heavy (non-hydrogen) atoms. The van der Waals surface area contributed by atoms with Crippen molar-refractivity contribution in [1.82, 2.24) is 5.32 Å². The SMILES string of the molecule is CC1CCC(N[C@@H]2CCCC[C@H]2F)CC1. The zero-order chi connectivity index (χ0) is 10.7. The maximum Gasteiger partial charge on any atom is 0.115 e. The molecular weight excluding hydrogens is 189 g/mol. The summed E-state index contributed by atoms with van der Waals surface area (Å²) in [6.45, 7) is 2.33. The second kappa shape index (κ2) is 5.29. The first-order valence-electron chi connectivity index (χ1n) is 6.66. The molecule has 0 heterocycles. The van der Waals surface area contributed by atoms with Gasteiger partial charge in [0.2, 0.25) is 0 Å². The lowest BCUT2D eigenvalue weighted by atomic mass is 9.85. The maximum absolute atomic E-state index is 13.6. The zero-order valence-corrected chi connectivity index (χ0v) is 9.84. The Kier molecular flexibility index (Phi) is 4.01. The van der Waals surface area contributed by atoms with Crippen LogP contribution in [0, 0.1) is 5.92 Å². The molecule has 0 radical (unpaired) electrons. The summed E-state index contributed by atoms with van der Waals surface area (Å²) in [4.78, 5) is 0. The third-order valence-corrected chi connectivity index (χ3v) is 4.15. The van der Waals surface area contributed by atoms with Crippen molar-refractivity contribution in [3.8, 4) is 0 Å². The van der Waals surface area contributed by atoms with E-state index in [1.807, 2.05) is 0 Å². The van der Waals surface area contributed by atoms with Gasteiger partial charge < -0.3 is 5.32 Å². The lowest BCUT2D eigenvalue weighted by molar-refractivity contribution is 0.163. The lowest BCUT2D eigenvalue weighted by Gasteiger charge is -2.34. The Hall–Kier alpha value is -0.110. The number of nitrogens with one attached hydrogen (secondary N) is 1. The monoisotopic (exact) mass is 213 g/mol. The number of hydrogen-bond donors (Lipinski definition) is 1. The van der Waals surface area contributed by atoms with Crippen LogP contribution in [0.25, 0.3) is 0 Å². The molecule has 2 fully saturated rings. The molecule has 2 atom stereocenters. The molecule has 2 aliphatic rings. The van der Waals surface area contributed by atoms with Crippen molar-refractivity contribution in [2.45, 2.75) is 76.5 Å². The molecule has 0 aliphatic heterocycles. The van der Waals surface area contributed by atoms with Gasteiger partial charge in [-0.3, -0.25) is 0 Å². The van der Waals surface area contributed by atoms with Gasteiger partial charge in [0.1, 0.15) is 6.17 Å². The molecule has 2 saturated carbocycles. The van der Waals surface area contributed by atoms with Crippen molar-refractivity contribution in [2.75, 3.05) is 0 Å². The fourth-order valence-electron chi connectivity index (χ4n) is 3.00. The normalized spacial score (nSPS) is 42.8. The van der Waals surface area contributed by atoms with E-state index in [0.29, 0.717) is 6.04 Å². The van der Waals surface area contributed by atoms with E-state index in [-0.39, 0.29) is 6.04 Å². The van der Waals surface area contributed by atoms with Gasteiger partial charge in [0.15, 0.2) is 0 Å². The molecule has 0 unspecified atom stereocenters. The van der Waals surface area contributed by atoms with Crippen LogP contribution in [-0.2, 0) is 0 Å². The molecule has 88 valence electrons. The highest BCUT2D eigenvalue weighted by Gasteiger charge is 2.28. The van der Waals surface area contributed by atoms with Crippen LogP contribution in [0.5, 0.6) is 0 Å². The van der Waals surface area contributed by atoms with Crippen molar-refractivity contribution in [3.63, 3.8) is 0 Å². The number of halogens is 1. The average molecular weight is 213 g/mol. The predicted molar refractivity (Wildman–Crippen MR) is 61.7 cm³/mol. The fourth-order valence-corrected chi connectivity index (χ4v) is 3.00. The number of hydrogen-bond acceptors (Lipinski definition) is 1. The Morgan fingerprint density at radius 3 is 2.27 bits per heavy atom. The highest BCUT2D eigenvalue weighted by atomic mass is 19.1. The average Bonchev–Trinajstić information content (AvgIpc) is 2.25. The van der Waals surface area contributed by atoms with E-state index in [9.17, 15) is 4.39 Å². The summed E-state index contributed by atoms with van der Waals surface area (Å²) in [6, 6.07) is 0.764. The van der Waals surface area contributed by atoms with Gasteiger partial charge in [0.05, 0.1) is 0 Å². The maximum atomic E-state index is 13.6. The molecule has 0 amide bonds. The van der Waals surface area contributed by atoms with E-state index in [0.717, 1.165) is 25.2 Å². The summed E-state index contributed by atoms with van der Waals surface area (Å²) >= 11 is 0. The Bertz CT molecular complexity index is 187. The summed E-state index contributed by atoms with van der Waals surface area (Å²) in [7, 11) is 0. The zero-order valence-electron chi connectivity index (χ0n) is 9.84. The van der Waals surface area contributed by atoms with Gasteiger partial charge in [-0.2, -0.15) is 0 Å². The Morgan fingerprint density at radius 2 is 1.60 bits per heavy atom. The minimum Gasteiger partial charge on any atom is -0.308 e. The topological polar surface area (TPSA) is 12.0 Å². The second-order valence-corrected chi connectivity index (χ2v) is 5.53. The molecule has 0 aromatic heterocycles. The molecule has 2 heteroatoms. The quantitative estimate of drug-likeness (QED) is 0.741. The fraction of sp³-hybridized carbons (Fsp3) is 1.00. The molecule has 2 rings (SSSR count). The minimum absolute atomic E-state index is 0.164. The minimum atomic E-state index is -0.585. The molecule has 1 N–H and O–H groups in total. The smallest absolute Gasteiger partial charge is 0.115 e. The lowest BCUT2D eigenvalue weighted by Crippen LogP contribution is -2.46. The van der Waals surface area contributed by atoms with Crippen LogP contribution in [0.4, 0.5) is 4.39 Å². The molecular formula is C13H24FN. The van der Waals surface area contributed by atoms with Gasteiger partial charge in [0, 0.05) is 12.1 Å². The van der Waals surface area contributed by atoms with Gasteiger partial charge in [-0.05, 0) is 44.4 Å². The summed E-state index contributed by atoms with van der Waals surface area (Å²) in [5, 5.41) is 3.55. The summed E-state index contributed by atoms with van der Waals surface area (Å²) in [5.74, 6) is 0.885. The predicted octanol–water partition coefficient (Wildman–Crippen LogP) is 3.44. The van der Waals surface area contributed by atoms with Crippen LogP contribution in [0.15, 0.2) is 0 Å².